The van der Waals surface area contributed by atoms with Gasteiger partial charge in [0.15, 0.2) is 0 Å². The van der Waals surface area contributed by atoms with E-state index < -0.39 is 11.8 Å². The average molecular weight is 241 g/mol. The van der Waals surface area contributed by atoms with Gasteiger partial charge in [-0.2, -0.15) is 0 Å². The summed E-state index contributed by atoms with van der Waals surface area (Å²) in [5, 5.41) is 0. The Morgan fingerprint density at radius 3 is 2.41 bits per heavy atom. The molecule has 0 aromatic carbocycles. The molecule has 0 aliphatic carbocycles. The number of hydrogen-bond donors (Lipinski definition) is 2. The van der Waals surface area contributed by atoms with E-state index in [0.717, 1.165) is 19.3 Å². The Morgan fingerprint density at radius 2 is 1.88 bits per heavy atom. The highest BCUT2D eigenvalue weighted by molar-refractivity contribution is 6.34. The quantitative estimate of drug-likeness (QED) is 0.283. The monoisotopic (exact) mass is 241 g/mol. The largest absolute Gasteiger partial charge is 0.334 e. The summed E-state index contributed by atoms with van der Waals surface area (Å²) in [6, 6.07) is 0. The van der Waals surface area contributed by atoms with Crippen LogP contribution in [0.5, 0.6) is 0 Å². The lowest BCUT2D eigenvalue weighted by Gasteiger charge is -2.29. The van der Waals surface area contributed by atoms with E-state index in [0.29, 0.717) is 19.0 Å². The third kappa shape index (κ3) is 3.70. The Hall–Kier alpha value is -1.10. The highest BCUT2D eigenvalue weighted by Crippen LogP contribution is 2.34. The van der Waals surface area contributed by atoms with Gasteiger partial charge in [0.05, 0.1) is 0 Å². The Kier molecular flexibility index (Phi) is 4.51. The van der Waals surface area contributed by atoms with Gasteiger partial charge in [0, 0.05) is 13.1 Å². The lowest BCUT2D eigenvalue weighted by molar-refractivity contribution is -0.145. The van der Waals surface area contributed by atoms with E-state index in [1.54, 1.807) is 4.90 Å². The van der Waals surface area contributed by atoms with Crippen LogP contribution in [0.1, 0.15) is 40.0 Å². The van der Waals surface area contributed by atoms with Gasteiger partial charge >= 0.3 is 11.8 Å². The standard InChI is InChI=1S/C12H23N3O2/c1-12(2,3)9-5-4-7-15(8-6-9)11(17)10(16)14-13/h9H,4-8,13H2,1-3H3,(H,14,16). The van der Waals surface area contributed by atoms with Gasteiger partial charge < -0.3 is 4.90 Å². The molecule has 1 unspecified atom stereocenters. The molecule has 1 heterocycles. The first-order valence-corrected chi connectivity index (χ1v) is 6.16. The van der Waals surface area contributed by atoms with E-state index >= 15 is 0 Å². The van der Waals surface area contributed by atoms with Crippen molar-refractivity contribution in [1.29, 1.82) is 0 Å². The minimum absolute atomic E-state index is 0.259. The van der Waals surface area contributed by atoms with Crippen molar-refractivity contribution in [2.45, 2.75) is 40.0 Å². The number of carbonyl (C=O) groups excluding carboxylic acids is 2. The van der Waals surface area contributed by atoms with Gasteiger partial charge in [-0.05, 0) is 30.6 Å². The SMILES string of the molecule is CC(C)(C)C1CCCN(C(=O)C(=O)NN)CC1. The van der Waals surface area contributed by atoms with Crippen LogP contribution < -0.4 is 11.3 Å². The fraction of sp³-hybridized carbons (Fsp3) is 0.833. The molecule has 1 rings (SSSR count). The van der Waals surface area contributed by atoms with E-state index in [-0.39, 0.29) is 5.41 Å². The van der Waals surface area contributed by atoms with E-state index in [9.17, 15) is 9.59 Å². The molecule has 1 saturated heterocycles. The molecule has 1 aliphatic rings. The number of nitrogens with two attached hydrogens (primary N) is 1. The summed E-state index contributed by atoms with van der Waals surface area (Å²) in [5.41, 5.74) is 2.15. The Bertz CT molecular complexity index is 297. The zero-order valence-corrected chi connectivity index (χ0v) is 11.0. The van der Waals surface area contributed by atoms with Gasteiger partial charge in [0.25, 0.3) is 0 Å². The lowest BCUT2D eigenvalue weighted by atomic mass is 9.77. The second kappa shape index (κ2) is 5.49. The van der Waals surface area contributed by atoms with Crippen molar-refractivity contribution in [2.75, 3.05) is 13.1 Å². The van der Waals surface area contributed by atoms with Crippen LogP contribution in [0.15, 0.2) is 0 Å². The van der Waals surface area contributed by atoms with Gasteiger partial charge in [0.1, 0.15) is 0 Å². The molecule has 0 bridgehead atoms. The van der Waals surface area contributed by atoms with Crippen LogP contribution in [0.4, 0.5) is 0 Å². The zero-order valence-electron chi connectivity index (χ0n) is 11.0. The number of hydrogen-bond acceptors (Lipinski definition) is 3. The number of amides is 2. The van der Waals surface area contributed by atoms with Crippen LogP contribution in [0.3, 0.4) is 0 Å². The topological polar surface area (TPSA) is 75.4 Å². The molecule has 0 aromatic heterocycles. The summed E-state index contributed by atoms with van der Waals surface area (Å²) in [5.74, 6) is 4.33. The molecular formula is C12H23N3O2. The van der Waals surface area contributed by atoms with Crippen molar-refractivity contribution in [3.8, 4) is 0 Å². The van der Waals surface area contributed by atoms with E-state index in [1.807, 2.05) is 5.43 Å². The van der Waals surface area contributed by atoms with Crippen LogP contribution in [0.2, 0.25) is 0 Å². The van der Waals surface area contributed by atoms with Gasteiger partial charge in [-0.3, -0.25) is 15.0 Å². The predicted octanol–water partition coefficient (Wildman–Crippen LogP) is 0.651. The number of likely N-dealkylation sites (tertiary alicyclic amines) is 1. The molecule has 0 saturated carbocycles. The average Bonchev–Trinajstić information content (AvgIpc) is 2.51. The summed E-state index contributed by atoms with van der Waals surface area (Å²) in [6.45, 7) is 7.97. The van der Waals surface area contributed by atoms with E-state index in [4.69, 9.17) is 5.84 Å². The predicted molar refractivity (Wildman–Crippen MR) is 65.7 cm³/mol. The second-order valence-electron chi connectivity index (χ2n) is 5.76. The Balaban J connectivity index is 2.59. The molecule has 3 N–H and O–H groups in total. The Morgan fingerprint density at radius 1 is 1.24 bits per heavy atom. The molecule has 0 radical (unpaired) electrons. The molecule has 1 aliphatic heterocycles. The maximum atomic E-state index is 11.7. The fourth-order valence-electron chi connectivity index (χ4n) is 2.37. The number of carbonyl (C=O) groups is 2. The maximum absolute atomic E-state index is 11.7. The van der Waals surface area contributed by atoms with E-state index in [2.05, 4.69) is 20.8 Å². The first-order chi connectivity index (χ1) is 7.86. The first kappa shape index (κ1) is 14.0. The number of rotatable bonds is 0. The van der Waals surface area contributed by atoms with Crippen LogP contribution in [0, 0.1) is 11.3 Å². The normalized spacial score (nSPS) is 21.9. The molecule has 2 amide bonds. The van der Waals surface area contributed by atoms with Gasteiger partial charge in [-0.1, -0.05) is 20.8 Å². The van der Waals surface area contributed by atoms with Gasteiger partial charge in [-0.15, -0.1) is 0 Å². The summed E-state index contributed by atoms with van der Waals surface area (Å²) in [6.07, 6.45) is 3.01. The molecule has 0 aromatic rings. The minimum Gasteiger partial charge on any atom is -0.334 e. The number of nitrogens with one attached hydrogen (secondary N) is 1. The molecule has 0 spiro atoms. The van der Waals surface area contributed by atoms with Crippen molar-refractivity contribution in [3.05, 3.63) is 0 Å². The third-order valence-electron chi connectivity index (χ3n) is 3.57. The molecule has 98 valence electrons. The summed E-state index contributed by atoms with van der Waals surface area (Å²) >= 11 is 0. The first-order valence-electron chi connectivity index (χ1n) is 6.16. The van der Waals surface area contributed by atoms with Gasteiger partial charge in [-0.25, -0.2) is 5.84 Å². The molecule has 17 heavy (non-hydrogen) atoms. The minimum atomic E-state index is -0.723. The molecule has 5 heteroatoms. The fourth-order valence-corrected chi connectivity index (χ4v) is 2.37. The molecule has 1 fully saturated rings. The zero-order chi connectivity index (χ0) is 13.1. The van der Waals surface area contributed by atoms with Crippen molar-refractivity contribution >= 4 is 11.8 Å². The lowest BCUT2D eigenvalue weighted by Crippen LogP contribution is -2.46. The maximum Gasteiger partial charge on any atom is 0.323 e. The molecule has 1 atom stereocenters. The van der Waals surface area contributed by atoms with Crippen molar-refractivity contribution in [1.82, 2.24) is 10.3 Å². The highest BCUT2D eigenvalue weighted by atomic mass is 16.2. The van der Waals surface area contributed by atoms with Crippen LogP contribution in [-0.2, 0) is 9.59 Å². The summed E-state index contributed by atoms with van der Waals surface area (Å²) in [4.78, 5) is 24.5. The van der Waals surface area contributed by atoms with Crippen molar-refractivity contribution < 1.29 is 9.59 Å². The highest BCUT2D eigenvalue weighted by Gasteiger charge is 2.29. The Labute approximate surface area is 103 Å². The van der Waals surface area contributed by atoms with Gasteiger partial charge in [0.2, 0.25) is 0 Å². The number of hydrazine groups is 1. The third-order valence-corrected chi connectivity index (χ3v) is 3.57. The summed E-state index contributed by atoms with van der Waals surface area (Å²) in [7, 11) is 0. The van der Waals surface area contributed by atoms with Crippen molar-refractivity contribution in [2.24, 2.45) is 17.2 Å². The van der Waals surface area contributed by atoms with E-state index in [1.165, 1.54) is 0 Å². The smallest absolute Gasteiger partial charge is 0.323 e. The van der Waals surface area contributed by atoms with Crippen LogP contribution in [-0.4, -0.2) is 29.8 Å². The van der Waals surface area contributed by atoms with Crippen molar-refractivity contribution in [3.63, 3.8) is 0 Å². The molecular weight excluding hydrogens is 218 g/mol. The molecule has 5 nitrogen and oxygen atoms in total. The second-order valence-corrected chi connectivity index (χ2v) is 5.76. The number of nitrogens with zero attached hydrogens (tertiary/aromatic N) is 1. The summed E-state index contributed by atoms with van der Waals surface area (Å²) < 4.78 is 0. The van der Waals surface area contributed by atoms with Crippen LogP contribution >= 0.6 is 0 Å². The van der Waals surface area contributed by atoms with Crippen LogP contribution in [0.25, 0.3) is 0 Å².